The highest BCUT2D eigenvalue weighted by Gasteiger charge is 2.08. The molecule has 0 aliphatic heterocycles. The van der Waals surface area contributed by atoms with Crippen LogP contribution in [0.1, 0.15) is 10.5 Å². The number of pyridine rings is 1. The zero-order valence-electron chi connectivity index (χ0n) is 5.41. The third kappa shape index (κ3) is 1.79. The van der Waals surface area contributed by atoms with E-state index in [9.17, 15) is 4.79 Å². The molecule has 11 heavy (non-hydrogen) atoms. The number of nitrogens with two attached hydrogens (primary N) is 1. The van der Waals surface area contributed by atoms with E-state index in [0.717, 1.165) is 0 Å². The van der Waals surface area contributed by atoms with E-state index < -0.39 is 5.97 Å². The molecule has 0 fully saturated rings. The van der Waals surface area contributed by atoms with Gasteiger partial charge in [0.2, 0.25) is 0 Å². The summed E-state index contributed by atoms with van der Waals surface area (Å²) in [4.78, 5) is 14.1. The molecule has 0 amide bonds. The van der Waals surface area contributed by atoms with Crippen LogP contribution in [0, 0.1) is 3.57 Å². The van der Waals surface area contributed by atoms with Crippen molar-refractivity contribution >= 4 is 34.2 Å². The summed E-state index contributed by atoms with van der Waals surface area (Å²) < 4.78 is 0.551. The number of nitrogen functional groups attached to an aromatic ring is 1. The summed E-state index contributed by atoms with van der Waals surface area (Å²) in [6.07, 6.45) is 1.33. The van der Waals surface area contributed by atoms with Gasteiger partial charge in [0.15, 0.2) is 5.69 Å². The Hall–Kier alpha value is -0.850. The maximum Gasteiger partial charge on any atom is 0.355 e. The Morgan fingerprint density at radius 2 is 2.36 bits per heavy atom. The molecule has 1 heterocycles. The molecule has 0 unspecified atom stereocenters. The standard InChI is InChI=1S/C6H5IN2O2/c7-4-1-3(8)2-9-5(4)6(10)11/h1-2H,8H2,(H,10,11). The van der Waals surface area contributed by atoms with Crippen molar-refractivity contribution in [2.45, 2.75) is 0 Å². The van der Waals surface area contributed by atoms with E-state index in [1.54, 1.807) is 6.07 Å². The lowest BCUT2D eigenvalue weighted by atomic mass is 10.3. The van der Waals surface area contributed by atoms with Crippen LogP contribution in [0.3, 0.4) is 0 Å². The second-order valence-corrected chi connectivity index (χ2v) is 3.07. The lowest BCUT2D eigenvalue weighted by Gasteiger charge is -1.97. The van der Waals surface area contributed by atoms with Gasteiger partial charge in [-0.2, -0.15) is 0 Å². The summed E-state index contributed by atoms with van der Waals surface area (Å²) in [5.41, 5.74) is 5.88. The molecular formula is C6H5IN2O2. The Labute approximate surface area is 76.6 Å². The first-order valence-corrected chi connectivity index (χ1v) is 3.83. The van der Waals surface area contributed by atoms with Crippen LogP contribution in [0.25, 0.3) is 0 Å². The van der Waals surface area contributed by atoms with Gasteiger partial charge in [-0.05, 0) is 28.7 Å². The molecule has 0 aromatic carbocycles. The monoisotopic (exact) mass is 264 g/mol. The summed E-state index contributed by atoms with van der Waals surface area (Å²) in [5.74, 6) is -1.03. The van der Waals surface area contributed by atoms with E-state index in [2.05, 4.69) is 4.98 Å². The Morgan fingerprint density at radius 3 is 2.82 bits per heavy atom. The van der Waals surface area contributed by atoms with E-state index in [1.807, 2.05) is 22.6 Å². The molecule has 0 atom stereocenters. The molecule has 0 spiro atoms. The molecular weight excluding hydrogens is 259 g/mol. The minimum absolute atomic E-state index is 0.0415. The van der Waals surface area contributed by atoms with Gasteiger partial charge in [-0.3, -0.25) is 0 Å². The van der Waals surface area contributed by atoms with Crippen molar-refractivity contribution in [1.82, 2.24) is 4.98 Å². The summed E-state index contributed by atoms with van der Waals surface area (Å²) in [6.45, 7) is 0. The summed E-state index contributed by atoms with van der Waals surface area (Å²) >= 11 is 1.88. The molecule has 3 N–H and O–H groups in total. The smallest absolute Gasteiger partial charge is 0.355 e. The van der Waals surface area contributed by atoms with Crippen molar-refractivity contribution in [3.63, 3.8) is 0 Å². The number of nitrogens with zero attached hydrogens (tertiary/aromatic N) is 1. The highest BCUT2D eigenvalue weighted by atomic mass is 127. The highest BCUT2D eigenvalue weighted by molar-refractivity contribution is 14.1. The number of carboxylic acids is 1. The van der Waals surface area contributed by atoms with Gasteiger partial charge in [-0.1, -0.05) is 0 Å². The zero-order chi connectivity index (χ0) is 8.43. The van der Waals surface area contributed by atoms with E-state index >= 15 is 0 Å². The Morgan fingerprint density at radius 1 is 1.73 bits per heavy atom. The van der Waals surface area contributed by atoms with Crippen molar-refractivity contribution < 1.29 is 9.90 Å². The number of aromatic nitrogens is 1. The molecule has 58 valence electrons. The molecule has 1 aromatic heterocycles. The fourth-order valence-corrected chi connectivity index (χ4v) is 1.34. The molecule has 0 saturated heterocycles. The third-order valence-electron chi connectivity index (χ3n) is 1.06. The van der Waals surface area contributed by atoms with Crippen LogP contribution in [0.5, 0.6) is 0 Å². The Kier molecular flexibility index (Phi) is 2.28. The van der Waals surface area contributed by atoms with Crippen LogP contribution in [0.15, 0.2) is 12.3 Å². The molecule has 0 bridgehead atoms. The number of aromatic carboxylic acids is 1. The average Bonchev–Trinajstić information content (AvgIpc) is 1.85. The van der Waals surface area contributed by atoms with Crippen molar-refractivity contribution in [2.24, 2.45) is 0 Å². The predicted molar refractivity (Wildman–Crippen MR) is 48.3 cm³/mol. The highest BCUT2D eigenvalue weighted by Crippen LogP contribution is 2.12. The van der Waals surface area contributed by atoms with Gasteiger partial charge < -0.3 is 10.8 Å². The minimum Gasteiger partial charge on any atom is -0.476 e. The SMILES string of the molecule is Nc1cnc(C(=O)O)c(I)c1. The lowest BCUT2D eigenvalue weighted by Crippen LogP contribution is -2.03. The maximum absolute atomic E-state index is 10.4. The number of carboxylic acid groups (broad SMARTS) is 1. The maximum atomic E-state index is 10.4. The fourth-order valence-electron chi connectivity index (χ4n) is 0.610. The number of anilines is 1. The quantitative estimate of drug-likeness (QED) is 0.741. The molecule has 0 aliphatic carbocycles. The van der Waals surface area contributed by atoms with Crippen LogP contribution in [-0.2, 0) is 0 Å². The van der Waals surface area contributed by atoms with E-state index in [0.29, 0.717) is 9.26 Å². The molecule has 1 rings (SSSR count). The summed E-state index contributed by atoms with van der Waals surface area (Å²) in [5, 5.41) is 8.55. The van der Waals surface area contributed by atoms with Crippen LogP contribution < -0.4 is 5.73 Å². The topological polar surface area (TPSA) is 76.2 Å². The largest absolute Gasteiger partial charge is 0.476 e. The lowest BCUT2D eigenvalue weighted by molar-refractivity contribution is 0.0689. The van der Waals surface area contributed by atoms with Gasteiger partial charge >= 0.3 is 5.97 Å². The third-order valence-corrected chi connectivity index (χ3v) is 1.89. The van der Waals surface area contributed by atoms with Crippen LogP contribution >= 0.6 is 22.6 Å². The summed E-state index contributed by atoms with van der Waals surface area (Å²) in [6, 6.07) is 1.57. The predicted octanol–water partition coefficient (Wildman–Crippen LogP) is 0.967. The van der Waals surface area contributed by atoms with Gasteiger partial charge in [-0.25, -0.2) is 9.78 Å². The fraction of sp³-hybridized carbons (Fsp3) is 0. The number of halogens is 1. The van der Waals surface area contributed by atoms with Crippen molar-refractivity contribution in [1.29, 1.82) is 0 Å². The minimum atomic E-state index is -1.03. The van der Waals surface area contributed by atoms with Gasteiger partial charge in [-0.15, -0.1) is 0 Å². The average molecular weight is 264 g/mol. The van der Waals surface area contributed by atoms with Gasteiger partial charge in [0, 0.05) is 3.57 Å². The second kappa shape index (κ2) is 3.04. The molecule has 0 saturated carbocycles. The molecule has 5 heteroatoms. The normalized spacial score (nSPS) is 9.55. The Balaban J connectivity index is 3.20. The van der Waals surface area contributed by atoms with Gasteiger partial charge in [0.05, 0.1) is 11.9 Å². The first-order valence-electron chi connectivity index (χ1n) is 2.75. The molecule has 4 nitrogen and oxygen atoms in total. The number of carbonyl (C=O) groups is 1. The van der Waals surface area contributed by atoms with Gasteiger partial charge in [0.1, 0.15) is 0 Å². The number of rotatable bonds is 1. The van der Waals surface area contributed by atoms with Crippen molar-refractivity contribution in [3.05, 3.63) is 21.5 Å². The van der Waals surface area contributed by atoms with Crippen LogP contribution in [0.4, 0.5) is 5.69 Å². The second-order valence-electron chi connectivity index (χ2n) is 1.90. The molecule has 0 radical (unpaired) electrons. The van der Waals surface area contributed by atoms with E-state index in [4.69, 9.17) is 10.8 Å². The summed E-state index contributed by atoms with van der Waals surface area (Å²) in [7, 11) is 0. The Bertz CT molecular complexity index is 301. The van der Waals surface area contributed by atoms with Gasteiger partial charge in [0.25, 0.3) is 0 Å². The first-order chi connectivity index (χ1) is 5.11. The molecule has 1 aromatic rings. The van der Waals surface area contributed by atoms with Crippen LogP contribution in [-0.4, -0.2) is 16.1 Å². The number of hydrogen-bond acceptors (Lipinski definition) is 3. The van der Waals surface area contributed by atoms with E-state index in [1.165, 1.54) is 6.20 Å². The van der Waals surface area contributed by atoms with E-state index in [-0.39, 0.29) is 5.69 Å². The number of hydrogen-bond donors (Lipinski definition) is 2. The van der Waals surface area contributed by atoms with Crippen molar-refractivity contribution in [2.75, 3.05) is 5.73 Å². The van der Waals surface area contributed by atoms with Crippen LogP contribution in [0.2, 0.25) is 0 Å². The zero-order valence-corrected chi connectivity index (χ0v) is 7.57. The van der Waals surface area contributed by atoms with Crippen molar-refractivity contribution in [3.8, 4) is 0 Å². The molecule has 0 aliphatic rings. The first kappa shape index (κ1) is 8.25.